The quantitative estimate of drug-likeness (QED) is 0.773. The molecule has 104 valence electrons. The Labute approximate surface area is 125 Å². The second-order valence-electron chi connectivity index (χ2n) is 4.44. The summed E-state index contributed by atoms with van der Waals surface area (Å²) in [6.07, 6.45) is 1.89. The highest BCUT2D eigenvalue weighted by Gasteiger charge is 2.10. The Morgan fingerprint density at radius 3 is 2.70 bits per heavy atom. The Bertz CT molecular complexity index is 746. The Kier molecular flexibility index (Phi) is 3.54. The molecule has 7 heteroatoms. The molecule has 0 saturated heterocycles. The van der Waals surface area contributed by atoms with Crippen molar-refractivity contribution >= 4 is 44.7 Å². The molecule has 0 atom stereocenters. The smallest absolute Gasteiger partial charge is 0.225 e. The van der Waals surface area contributed by atoms with E-state index in [0.29, 0.717) is 12.5 Å². The van der Waals surface area contributed by atoms with E-state index in [1.165, 1.54) is 9.75 Å². The second-order valence-corrected chi connectivity index (χ2v) is 6.99. The molecule has 20 heavy (non-hydrogen) atoms. The third-order valence-electron chi connectivity index (χ3n) is 2.82. The van der Waals surface area contributed by atoms with Gasteiger partial charge in [0.25, 0.3) is 0 Å². The molecule has 2 N–H and O–H groups in total. The van der Waals surface area contributed by atoms with Gasteiger partial charge in [-0.3, -0.25) is 0 Å². The molecule has 5 nitrogen and oxygen atoms in total. The van der Waals surface area contributed by atoms with E-state index in [4.69, 9.17) is 0 Å². The van der Waals surface area contributed by atoms with Crippen LogP contribution in [0.4, 0.5) is 11.8 Å². The fourth-order valence-electron chi connectivity index (χ4n) is 1.93. The molecule has 0 radical (unpaired) electrons. The molecule has 3 rings (SSSR count). The lowest BCUT2D eigenvalue weighted by Gasteiger charge is -2.07. The van der Waals surface area contributed by atoms with Crippen molar-refractivity contribution in [2.45, 2.75) is 20.4 Å². The topological polar surface area (TPSA) is 62.7 Å². The van der Waals surface area contributed by atoms with Crippen LogP contribution in [-0.2, 0) is 6.54 Å². The first-order valence-corrected chi connectivity index (χ1v) is 7.90. The maximum atomic E-state index is 4.50. The van der Waals surface area contributed by atoms with Gasteiger partial charge in [0.05, 0.1) is 11.9 Å². The molecule has 0 aliphatic heterocycles. The van der Waals surface area contributed by atoms with Gasteiger partial charge in [-0.15, -0.1) is 22.7 Å². The average Bonchev–Trinajstić information content (AvgIpc) is 3.00. The van der Waals surface area contributed by atoms with Crippen LogP contribution >= 0.6 is 22.7 Å². The van der Waals surface area contributed by atoms with Crippen LogP contribution in [0.2, 0.25) is 0 Å². The summed E-state index contributed by atoms with van der Waals surface area (Å²) in [6, 6.07) is 2.12. The molecule has 3 aromatic heterocycles. The highest BCUT2D eigenvalue weighted by Crippen LogP contribution is 2.29. The first-order chi connectivity index (χ1) is 9.65. The zero-order valence-corrected chi connectivity index (χ0v) is 13.2. The molecule has 0 bridgehead atoms. The van der Waals surface area contributed by atoms with E-state index >= 15 is 0 Å². The van der Waals surface area contributed by atoms with Crippen LogP contribution < -0.4 is 10.6 Å². The van der Waals surface area contributed by atoms with Gasteiger partial charge >= 0.3 is 0 Å². The summed E-state index contributed by atoms with van der Waals surface area (Å²) in [7, 11) is 1.83. The number of aromatic nitrogens is 3. The molecule has 3 aromatic rings. The number of nitrogens with zero attached hydrogens (tertiary/aromatic N) is 3. The zero-order chi connectivity index (χ0) is 14.1. The van der Waals surface area contributed by atoms with Crippen molar-refractivity contribution < 1.29 is 0 Å². The van der Waals surface area contributed by atoms with Crippen molar-refractivity contribution in [2.24, 2.45) is 0 Å². The van der Waals surface area contributed by atoms with Crippen LogP contribution in [0.3, 0.4) is 0 Å². The Morgan fingerprint density at radius 2 is 2.00 bits per heavy atom. The fraction of sp³-hybridized carbons (Fsp3) is 0.308. The monoisotopic (exact) mass is 305 g/mol. The van der Waals surface area contributed by atoms with Gasteiger partial charge in [0.1, 0.15) is 15.7 Å². The van der Waals surface area contributed by atoms with Crippen molar-refractivity contribution in [3.8, 4) is 0 Å². The molecular formula is C13H15N5S2. The van der Waals surface area contributed by atoms with E-state index in [1.807, 2.05) is 13.2 Å². The van der Waals surface area contributed by atoms with E-state index in [9.17, 15) is 0 Å². The highest BCUT2D eigenvalue weighted by atomic mass is 32.1. The minimum Gasteiger partial charge on any atom is -0.363 e. The van der Waals surface area contributed by atoms with Crippen LogP contribution in [-0.4, -0.2) is 22.0 Å². The molecule has 0 amide bonds. The summed E-state index contributed by atoms with van der Waals surface area (Å²) in [6.45, 7) is 4.83. The largest absolute Gasteiger partial charge is 0.363 e. The minimum atomic E-state index is 0.636. The number of hydrogen-bond donors (Lipinski definition) is 2. The Hall–Kier alpha value is -1.73. The molecule has 0 spiro atoms. The van der Waals surface area contributed by atoms with Crippen molar-refractivity contribution in [2.75, 3.05) is 17.7 Å². The van der Waals surface area contributed by atoms with Gasteiger partial charge in [-0.2, -0.15) is 4.98 Å². The molecule has 0 unspecified atom stereocenters. The Balaban J connectivity index is 1.92. The van der Waals surface area contributed by atoms with Crippen molar-refractivity contribution in [1.82, 2.24) is 15.0 Å². The van der Waals surface area contributed by atoms with Gasteiger partial charge in [-0.1, -0.05) is 0 Å². The number of thiazole rings is 1. The number of thiophene rings is 1. The third kappa shape index (κ3) is 2.59. The highest BCUT2D eigenvalue weighted by molar-refractivity contribution is 7.18. The predicted octanol–water partition coefficient (Wildman–Crippen LogP) is 3.42. The fourth-order valence-corrected chi connectivity index (χ4v) is 3.54. The van der Waals surface area contributed by atoms with E-state index < -0.39 is 0 Å². The molecule has 3 heterocycles. The lowest BCUT2D eigenvalue weighted by molar-refractivity contribution is 1.07. The first-order valence-electron chi connectivity index (χ1n) is 6.27. The standard InChI is InChI=1S/C13H15N5S2/c1-7-4-9-11(16-6-10-15-5-8(2)19-10)17-13(14-3)18-12(9)20-7/h4-5H,6H2,1-3H3,(H2,14,16,17,18). The first kappa shape index (κ1) is 13.3. The molecule has 0 aliphatic rings. The number of anilines is 2. The van der Waals surface area contributed by atoms with Gasteiger partial charge in [0.2, 0.25) is 5.95 Å². The van der Waals surface area contributed by atoms with E-state index in [-0.39, 0.29) is 0 Å². The summed E-state index contributed by atoms with van der Waals surface area (Å²) >= 11 is 3.37. The van der Waals surface area contributed by atoms with E-state index in [1.54, 1.807) is 22.7 Å². The summed E-state index contributed by atoms with van der Waals surface area (Å²) in [4.78, 5) is 16.8. The van der Waals surface area contributed by atoms with E-state index in [2.05, 4.69) is 45.5 Å². The summed E-state index contributed by atoms with van der Waals surface area (Å²) < 4.78 is 0. The number of rotatable bonds is 4. The normalized spacial score (nSPS) is 10.9. The number of hydrogen-bond acceptors (Lipinski definition) is 7. The summed E-state index contributed by atoms with van der Waals surface area (Å²) in [5, 5.41) is 8.50. The number of aryl methyl sites for hydroxylation is 2. The van der Waals surface area contributed by atoms with Crippen LogP contribution in [0.1, 0.15) is 14.8 Å². The zero-order valence-electron chi connectivity index (χ0n) is 11.5. The maximum Gasteiger partial charge on any atom is 0.225 e. The molecule has 0 saturated carbocycles. The SMILES string of the molecule is CNc1nc(NCc2ncc(C)s2)c2cc(C)sc2n1. The van der Waals surface area contributed by atoms with Crippen LogP contribution in [0.25, 0.3) is 10.2 Å². The third-order valence-corrected chi connectivity index (χ3v) is 4.67. The van der Waals surface area contributed by atoms with Crippen LogP contribution in [0, 0.1) is 13.8 Å². The summed E-state index contributed by atoms with van der Waals surface area (Å²) in [5.74, 6) is 1.49. The van der Waals surface area contributed by atoms with Gasteiger partial charge in [-0.05, 0) is 19.9 Å². The van der Waals surface area contributed by atoms with Crippen molar-refractivity contribution in [1.29, 1.82) is 0 Å². The number of fused-ring (bicyclic) bond motifs is 1. The predicted molar refractivity (Wildman–Crippen MR) is 85.9 cm³/mol. The summed E-state index contributed by atoms with van der Waals surface area (Å²) in [5.41, 5.74) is 0. The molecule has 0 aliphatic carbocycles. The van der Waals surface area contributed by atoms with Gasteiger partial charge in [0.15, 0.2) is 0 Å². The lowest BCUT2D eigenvalue weighted by atomic mass is 10.3. The van der Waals surface area contributed by atoms with Gasteiger partial charge < -0.3 is 10.6 Å². The van der Waals surface area contributed by atoms with Gasteiger partial charge in [0, 0.05) is 23.0 Å². The molecule has 0 fully saturated rings. The maximum absolute atomic E-state index is 4.50. The Morgan fingerprint density at radius 1 is 1.15 bits per heavy atom. The molecular weight excluding hydrogens is 290 g/mol. The lowest BCUT2D eigenvalue weighted by Crippen LogP contribution is -2.04. The van der Waals surface area contributed by atoms with Crippen LogP contribution in [0.5, 0.6) is 0 Å². The van der Waals surface area contributed by atoms with Crippen LogP contribution in [0.15, 0.2) is 12.3 Å². The second kappa shape index (κ2) is 5.34. The van der Waals surface area contributed by atoms with Crippen molar-refractivity contribution in [3.63, 3.8) is 0 Å². The van der Waals surface area contributed by atoms with E-state index in [0.717, 1.165) is 21.0 Å². The average molecular weight is 305 g/mol. The van der Waals surface area contributed by atoms with Crippen molar-refractivity contribution in [3.05, 3.63) is 27.0 Å². The number of nitrogens with one attached hydrogen (secondary N) is 2. The minimum absolute atomic E-state index is 0.636. The molecule has 0 aromatic carbocycles. The van der Waals surface area contributed by atoms with Gasteiger partial charge in [-0.25, -0.2) is 9.97 Å².